The molecule has 0 aliphatic heterocycles. The first-order chi connectivity index (χ1) is 11.9. The van der Waals surface area contributed by atoms with Crippen LogP contribution in [0.5, 0.6) is 5.75 Å². The molecule has 2 aromatic carbocycles. The van der Waals surface area contributed by atoms with Crippen LogP contribution in [0.25, 0.3) is 10.9 Å². The van der Waals surface area contributed by atoms with Crippen LogP contribution in [0.1, 0.15) is 17.0 Å². The number of hydrogen-bond donors (Lipinski definition) is 1. The number of nitro benzene ring substituents is 1. The number of hydrogen-bond acceptors (Lipinski definition) is 6. The van der Waals surface area contributed by atoms with Crippen LogP contribution in [0, 0.1) is 24.0 Å². The minimum Gasteiger partial charge on any atom is -0.502 e. The summed E-state index contributed by atoms with van der Waals surface area (Å²) in [6, 6.07) is 9.69. The number of para-hydroxylation sites is 1. The molecule has 25 heavy (non-hydrogen) atoms. The number of benzene rings is 2. The van der Waals surface area contributed by atoms with E-state index in [1.54, 1.807) is 44.2 Å². The number of aromatic hydroxyl groups is 1. The Morgan fingerprint density at radius 2 is 2.00 bits per heavy atom. The second-order valence-electron chi connectivity index (χ2n) is 5.52. The first-order valence-corrected chi connectivity index (χ1v) is 7.39. The zero-order valence-corrected chi connectivity index (χ0v) is 13.5. The normalized spacial score (nSPS) is 11.3. The van der Waals surface area contributed by atoms with E-state index >= 15 is 0 Å². The van der Waals surface area contributed by atoms with E-state index in [-0.39, 0.29) is 11.1 Å². The first-order valence-electron chi connectivity index (χ1n) is 7.39. The summed E-state index contributed by atoms with van der Waals surface area (Å²) in [4.78, 5) is 27.2. The van der Waals surface area contributed by atoms with Crippen molar-refractivity contribution in [3.05, 3.63) is 73.8 Å². The van der Waals surface area contributed by atoms with E-state index in [0.29, 0.717) is 22.3 Å². The summed E-state index contributed by atoms with van der Waals surface area (Å²) < 4.78 is 1.09. The van der Waals surface area contributed by atoms with Crippen molar-refractivity contribution in [2.45, 2.75) is 13.8 Å². The second-order valence-corrected chi connectivity index (χ2v) is 5.52. The predicted molar refractivity (Wildman–Crippen MR) is 93.2 cm³/mol. The quantitative estimate of drug-likeness (QED) is 0.448. The van der Waals surface area contributed by atoms with Gasteiger partial charge in [-0.25, -0.2) is 4.98 Å². The number of phenols is 1. The second kappa shape index (κ2) is 6.16. The van der Waals surface area contributed by atoms with E-state index in [4.69, 9.17) is 0 Å². The molecule has 1 N–H and O–H groups in total. The standard InChI is InChI=1S/C17H14N4O4/c1-10-7-12(16(22)15(8-10)21(24)25)9-18-20-11(2)19-14-6-4-3-5-13(14)17(20)23/h3-9,22H,1-2H3/b18-9-. The Morgan fingerprint density at radius 1 is 1.28 bits per heavy atom. The van der Waals surface area contributed by atoms with Crippen molar-refractivity contribution in [2.24, 2.45) is 5.10 Å². The molecule has 1 aromatic heterocycles. The number of aryl methyl sites for hydroxylation is 2. The molecule has 126 valence electrons. The molecule has 0 amide bonds. The molecule has 0 atom stereocenters. The molecule has 8 nitrogen and oxygen atoms in total. The van der Waals surface area contributed by atoms with Crippen molar-refractivity contribution in [1.82, 2.24) is 9.66 Å². The van der Waals surface area contributed by atoms with Gasteiger partial charge in [-0.05, 0) is 37.6 Å². The molecule has 1 heterocycles. The van der Waals surface area contributed by atoms with Crippen LogP contribution in [0.15, 0.2) is 46.3 Å². The van der Waals surface area contributed by atoms with Gasteiger partial charge in [0.25, 0.3) is 5.56 Å². The van der Waals surface area contributed by atoms with E-state index in [9.17, 15) is 20.0 Å². The summed E-state index contributed by atoms with van der Waals surface area (Å²) in [5.74, 6) is -0.139. The van der Waals surface area contributed by atoms with E-state index < -0.39 is 16.4 Å². The van der Waals surface area contributed by atoms with E-state index in [0.717, 1.165) is 4.68 Å². The zero-order chi connectivity index (χ0) is 18.1. The number of nitro groups is 1. The van der Waals surface area contributed by atoms with Gasteiger partial charge in [-0.1, -0.05) is 12.1 Å². The van der Waals surface area contributed by atoms with Crippen molar-refractivity contribution in [3.8, 4) is 5.75 Å². The summed E-state index contributed by atoms with van der Waals surface area (Å²) in [6.07, 6.45) is 1.21. The molecule has 0 unspecified atom stereocenters. The lowest BCUT2D eigenvalue weighted by Crippen LogP contribution is -2.20. The predicted octanol–water partition coefficient (Wildman–Crippen LogP) is 2.51. The fourth-order valence-electron chi connectivity index (χ4n) is 2.52. The molecule has 0 saturated heterocycles. The fraction of sp³-hybridized carbons (Fsp3) is 0.118. The zero-order valence-electron chi connectivity index (χ0n) is 13.5. The Hall–Kier alpha value is -3.55. The van der Waals surface area contributed by atoms with Gasteiger partial charge in [-0.15, -0.1) is 0 Å². The lowest BCUT2D eigenvalue weighted by Gasteiger charge is -2.06. The lowest BCUT2D eigenvalue weighted by molar-refractivity contribution is -0.385. The van der Waals surface area contributed by atoms with Gasteiger partial charge in [-0.2, -0.15) is 9.78 Å². The van der Waals surface area contributed by atoms with Gasteiger partial charge in [0.1, 0.15) is 5.82 Å². The topological polar surface area (TPSA) is 111 Å². The molecule has 0 bridgehead atoms. The van der Waals surface area contributed by atoms with Gasteiger partial charge in [-0.3, -0.25) is 14.9 Å². The number of fused-ring (bicyclic) bond motifs is 1. The van der Waals surface area contributed by atoms with Crippen molar-refractivity contribution < 1.29 is 10.0 Å². The van der Waals surface area contributed by atoms with Gasteiger partial charge >= 0.3 is 5.69 Å². The molecular formula is C17H14N4O4. The fourth-order valence-corrected chi connectivity index (χ4v) is 2.52. The van der Waals surface area contributed by atoms with Crippen molar-refractivity contribution in [2.75, 3.05) is 0 Å². The summed E-state index contributed by atoms with van der Waals surface area (Å²) in [6.45, 7) is 3.29. The van der Waals surface area contributed by atoms with Crippen LogP contribution >= 0.6 is 0 Å². The molecule has 0 radical (unpaired) electrons. The maximum absolute atomic E-state index is 12.5. The third-order valence-corrected chi connectivity index (χ3v) is 3.69. The first kappa shape index (κ1) is 16.3. The highest BCUT2D eigenvalue weighted by atomic mass is 16.6. The molecule has 0 saturated carbocycles. The van der Waals surface area contributed by atoms with Crippen molar-refractivity contribution >= 4 is 22.8 Å². The summed E-state index contributed by atoms with van der Waals surface area (Å²) in [5.41, 5.74) is 0.520. The van der Waals surface area contributed by atoms with Gasteiger partial charge in [0.05, 0.1) is 22.0 Å². The SMILES string of the molecule is Cc1cc(/C=N\n2c(C)nc3ccccc3c2=O)c(O)c([N+](=O)[O-])c1. The maximum atomic E-state index is 12.5. The monoisotopic (exact) mass is 338 g/mol. The van der Waals surface area contributed by atoms with E-state index in [1.165, 1.54) is 12.3 Å². The van der Waals surface area contributed by atoms with Crippen LogP contribution in [0.3, 0.4) is 0 Å². The van der Waals surface area contributed by atoms with Crippen molar-refractivity contribution in [3.63, 3.8) is 0 Å². The van der Waals surface area contributed by atoms with Gasteiger partial charge in [0.15, 0.2) is 0 Å². The highest BCUT2D eigenvalue weighted by Gasteiger charge is 2.17. The van der Waals surface area contributed by atoms with Crippen LogP contribution in [-0.4, -0.2) is 25.9 Å². The molecule has 0 aliphatic rings. The van der Waals surface area contributed by atoms with Gasteiger partial charge < -0.3 is 5.11 Å². The van der Waals surface area contributed by atoms with Crippen LogP contribution in [-0.2, 0) is 0 Å². The maximum Gasteiger partial charge on any atom is 0.311 e. The Bertz CT molecular complexity index is 1090. The van der Waals surface area contributed by atoms with E-state index in [2.05, 4.69) is 10.1 Å². The average molecular weight is 338 g/mol. The third kappa shape index (κ3) is 2.97. The summed E-state index contributed by atoms with van der Waals surface area (Å²) in [5, 5.41) is 25.5. The highest BCUT2D eigenvalue weighted by Crippen LogP contribution is 2.30. The number of rotatable bonds is 3. The van der Waals surface area contributed by atoms with Crippen molar-refractivity contribution in [1.29, 1.82) is 0 Å². The molecule has 8 heteroatoms. The average Bonchev–Trinajstić information content (AvgIpc) is 2.57. The largest absolute Gasteiger partial charge is 0.502 e. The molecular weight excluding hydrogens is 324 g/mol. The summed E-state index contributed by atoms with van der Waals surface area (Å²) >= 11 is 0. The van der Waals surface area contributed by atoms with Crippen LogP contribution in [0.4, 0.5) is 5.69 Å². The molecule has 0 spiro atoms. The highest BCUT2D eigenvalue weighted by molar-refractivity contribution is 5.86. The lowest BCUT2D eigenvalue weighted by atomic mass is 10.1. The van der Waals surface area contributed by atoms with E-state index in [1.807, 2.05) is 0 Å². The van der Waals surface area contributed by atoms with Crippen LogP contribution in [0.2, 0.25) is 0 Å². The Balaban J connectivity index is 2.14. The Kier molecular flexibility index (Phi) is 4.02. The van der Waals surface area contributed by atoms with Gasteiger partial charge in [0, 0.05) is 11.6 Å². The summed E-state index contributed by atoms with van der Waals surface area (Å²) in [7, 11) is 0. The van der Waals surface area contributed by atoms with Gasteiger partial charge in [0.2, 0.25) is 5.75 Å². The third-order valence-electron chi connectivity index (χ3n) is 3.69. The van der Waals surface area contributed by atoms with Crippen LogP contribution < -0.4 is 5.56 Å². The number of aromatic nitrogens is 2. The molecule has 0 aliphatic carbocycles. The Morgan fingerprint density at radius 3 is 2.72 bits per heavy atom. The molecule has 3 aromatic rings. The number of nitrogens with zero attached hydrogens (tertiary/aromatic N) is 4. The Labute approximate surface area is 141 Å². The smallest absolute Gasteiger partial charge is 0.311 e. The minimum absolute atomic E-state index is 0.145. The molecule has 0 fully saturated rings. The number of phenolic OH excluding ortho intramolecular Hbond substituents is 1. The minimum atomic E-state index is -0.672. The molecule has 3 rings (SSSR count).